The Hall–Kier alpha value is -7.28. The summed E-state index contributed by atoms with van der Waals surface area (Å²) in [5.41, 5.74) is 9.11. The molecule has 6 heteroatoms. The fraction of sp³-hybridized carbons (Fsp3) is 0. The van der Waals surface area contributed by atoms with E-state index < -0.39 is 0 Å². The van der Waals surface area contributed by atoms with Crippen LogP contribution in [0.2, 0.25) is 0 Å². The number of benzene rings is 7. The first-order valence-electron chi connectivity index (χ1n) is 18.6. The minimum atomic E-state index is 0.550. The molecule has 0 saturated heterocycles. The van der Waals surface area contributed by atoms with E-state index in [4.69, 9.17) is 19.9 Å². The molecule has 0 bridgehead atoms. The number of rotatable bonds is 6. The largest absolute Gasteiger partial charge is 0.293 e. The van der Waals surface area contributed by atoms with Gasteiger partial charge in [0.15, 0.2) is 17.5 Å². The van der Waals surface area contributed by atoms with Gasteiger partial charge in [0.05, 0.1) is 16.6 Å². The normalized spacial score (nSPS) is 11.6. The predicted octanol–water partition coefficient (Wildman–Crippen LogP) is 13.1. The van der Waals surface area contributed by atoms with Gasteiger partial charge in [-0.3, -0.25) is 4.57 Å². The predicted molar refractivity (Wildman–Crippen MR) is 232 cm³/mol. The first-order valence-corrected chi connectivity index (χ1v) is 19.5. The Balaban J connectivity index is 1.22. The highest BCUT2D eigenvalue weighted by Crippen LogP contribution is 2.44. The summed E-state index contributed by atoms with van der Waals surface area (Å²) in [6, 6.07) is 63.4. The lowest BCUT2D eigenvalue weighted by molar-refractivity contribution is 1.04. The third kappa shape index (κ3) is 5.38. The lowest BCUT2D eigenvalue weighted by Crippen LogP contribution is -2.05. The molecule has 11 rings (SSSR count). The molecule has 0 aliphatic heterocycles. The molecule has 56 heavy (non-hydrogen) atoms. The Bertz CT molecular complexity index is 3190. The van der Waals surface area contributed by atoms with E-state index in [1.54, 1.807) is 0 Å². The molecule has 0 aliphatic carbocycles. The topological polar surface area (TPSA) is 56.5 Å². The van der Waals surface area contributed by atoms with Gasteiger partial charge in [0.1, 0.15) is 5.82 Å². The van der Waals surface area contributed by atoms with Crippen LogP contribution in [0.3, 0.4) is 0 Å². The van der Waals surface area contributed by atoms with Crippen molar-refractivity contribution >= 4 is 53.3 Å². The summed E-state index contributed by atoms with van der Waals surface area (Å²) in [6.45, 7) is 0. The molecule has 0 saturated carbocycles. The van der Waals surface area contributed by atoms with Gasteiger partial charge in [0.2, 0.25) is 0 Å². The average Bonchev–Trinajstić information content (AvgIpc) is 3.83. The number of hydrogen-bond acceptors (Lipinski definition) is 5. The SMILES string of the molecule is c1ccc(-c2cccc(-c3cnc(-n4c5ccccc5c5c6c(ccc54)sc4ccccc46)c(-c4nc(-c5ccccc5)nc(-c5ccccc5)n4)c3)c2)cc1. The highest BCUT2D eigenvalue weighted by atomic mass is 32.1. The van der Waals surface area contributed by atoms with Crippen molar-refractivity contribution in [1.82, 2.24) is 24.5 Å². The zero-order chi connectivity index (χ0) is 37.0. The number of hydrogen-bond donors (Lipinski definition) is 0. The zero-order valence-electron chi connectivity index (χ0n) is 30.0. The Kier molecular flexibility index (Phi) is 7.60. The van der Waals surface area contributed by atoms with Crippen LogP contribution in [0.4, 0.5) is 0 Å². The van der Waals surface area contributed by atoms with Gasteiger partial charge in [-0.1, -0.05) is 146 Å². The van der Waals surface area contributed by atoms with Crippen LogP contribution in [0, 0.1) is 0 Å². The van der Waals surface area contributed by atoms with Gasteiger partial charge in [-0.05, 0) is 53.1 Å². The zero-order valence-corrected chi connectivity index (χ0v) is 30.9. The monoisotopic (exact) mass is 733 g/mol. The Morgan fingerprint density at radius 1 is 0.375 bits per heavy atom. The second-order valence-electron chi connectivity index (χ2n) is 13.9. The Morgan fingerprint density at radius 3 is 1.66 bits per heavy atom. The Morgan fingerprint density at radius 2 is 0.946 bits per heavy atom. The van der Waals surface area contributed by atoms with Gasteiger partial charge in [-0.15, -0.1) is 11.3 Å². The highest BCUT2D eigenvalue weighted by molar-refractivity contribution is 7.26. The fourth-order valence-corrected chi connectivity index (χ4v) is 9.01. The van der Waals surface area contributed by atoms with E-state index in [1.165, 1.54) is 30.9 Å². The van der Waals surface area contributed by atoms with Crippen molar-refractivity contribution in [3.8, 4) is 62.2 Å². The highest BCUT2D eigenvalue weighted by Gasteiger charge is 2.23. The van der Waals surface area contributed by atoms with Crippen molar-refractivity contribution in [2.75, 3.05) is 0 Å². The van der Waals surface area contributed by atoms with Gasteiger partial charge >= 0.3 is 0 Å². The fourth-order valence-electron chi connectivity index (χ4n) is 7.90. The van der Waals surface area contributed by atoms with Crippen molar-refractivity contribution in [3.63, 3.8) is 0 Å². The number of para-hydroxylation sites is 1. The summed E-state index contributed by atoms with van der Waals surface area (Å²) in [7, 11) is 0. The molecule has 0 spiro atoms. The second kappa shape index (κ2) is 13.2. The maximum atomic E-state index is 5.38. The Labute approximate surface area is 326 Å². The molecule has 0 atom stereocenters. The number of nitrogens with zero attached hydrogens (tertiary/aromatic N) is 5. The smallest absolute Gasteiger partial charge is 0.167 e. The first kappa shape index (κ1) is 32.2. The van der Waals surface area contributed by atoms with E-state index in [0.29, 0.717) is 17.5 Å². The van der Waals surface area contributed by atoms with E-state index >= 15 is 0 Å². The van der Waals surface area contributed by atoms with Crippen LogP contribution in [-0.4, -0.2) is 24.5 Å². The minimum Gasteiger partial charge on any atom is -0.293 e. The minimum absolute atomic E-state index is 0.550. The summed E-state index contributed by atoms with van der Waals surface area (Å²) in [5, 5.41) is 4.93. The number of aromatic nitrogens is 5. The molecule has 7 aromatic carbocycles. The lowest BCUT2D eigenvalue weighted by atomic mass is 9.99. The van der Waals surface area contributed by atoms with E-state index in [0.717, 1.165) is 55.8 Å². The molecule has 5 nitrogen and oxygen atoms in total. The van der Waals surface area contributed by atoms with Gasteiger partial charge in [-0.25, -0.2) is 19.9 Å². The van der Waals surface area contributed by atoms with Crippen LogP contribution in [0.1, 0.15) is 0 Å². The van der Waals surface area contributed by atoms with Gasteiger partial charge in [0.25, 0.3) is 0 Å². The van der Waals surface area contributed by atoms with Crippen LogP contribution in [0.25, 0.3) is 104 Å². The van der Waals surface area contributed by atoms with Crippen molar-refractivity contribution in [3.05, 3.63) is 188 Å². The van der Waals surface area contributed by atoms with Crippen LogP contribution >= 0.6 is 11.3 Å². The molecular weight excluding hydrogens is 703 g/mol. The van der Waals surface area contributed by atoms with Gasteiger partial charge in [0, 0.05) is 53.8 Å². The molecule has 0 N–H and O–H groups in total. The molecule has 11 aromatic rings. The van der Waals surface area contributed by atoms with Crippen molar-refractivity contribution in [2.45, 2.75) is 0 Å². The molecule has 262 valence electrons. The van der Waals surface area contributed by atoms with Crippen LogP contribution in [0.15, 0.2) is 188 Å². The lowest BCUT2D eigenvalue weighted by Gasteiger charge is -2.15. The summed E-state index contributed by atoms with van der Waals surface area (Å²) in [4.78, 5) is 20.9. The van der Waals surface area contributed by atoms with Crippen LogP contribution in [0.5, 0.6) is 0 Å². The molecular formula is C50H31N5S. The molecule has 0 radical (unpaired) electrons. The van der Waals surface area contributed by atoms with Crippen molar-refractivity contribution in [2.24, 2.45) is 0 Å². The van der Waals surface area contributed by atoms with Crippen molar-refractivity contribution < 1.29 is 0 Å². The number of thiophene rings is 1. The van der Waals surface area contributed by atoms with E-state index in [1.807, 2.05) is 84.3 Å². The number of fused-ring (bicyclic) bond motifs is 7. The summed E-state index contributed by atoms with van der Waals surface area (Å²) >= 11 is 1.84. The molecule has 4 heterocycles. The first-order chi connectivity index (χ1) is 27.8. The number of pyridine rings is 1. The van der Waals surface area contributed by atoms with Gasteiger partial charge < -0.3 is 0 Å². The summed E-state index contributed by atoms with van der Waals surface area (Å²) in [5.74, 6) is 2.51. The van der Waals surface area contributed by atoms with Gasteiger partial charge in [-0.2, -0.15) is 0 Å². The van der Waals surface area contributed by atoms with Crippen LogP contribution < -0.4 is 0 Å². The maximum Gasteiger partial charge on any atom is 0.167 e. The van der Waals surface area contributed by atoms with E-state index in [2.05, 4.69) is 120 Å². The standard InChI is InChI=1S/C50H31N5S/c1-4-15-32(16-5-1)35-21-14-22-36(29-35)37-30-40(49-53-47(33-17-6-2-7-18-33)52-48(54-49)34-19-8-3-9-20-34)50(51-31-37)55-41-25-12-10-23-38(41)45-42(55)27-28-44-46(45)39-24-11-13-26-43(39)56-44/h1-31H. The maximum absolute atomic E-state index is 5.38. The summed E-state index contributed by atoms with van der Waals surface area (Å²) < 4.78 is 4.84. The third-order valence-electron chi connectivity index (χ3n) is 10.5. The van der Waals surface area contributed by atoms with E-state index in [-0.39, 0.29) is 0 Å². The molecule has 0 aliphatic rings. The second-order valence-corrected chi connectivity index (χ2v) is 14.9. The molecule has 0 fully saturated rings. The molecule has 0 unspecified atom stereocenters. The molecule has 4 aromatic heterocycles. The average molecular weight is 734 g/mol. The van der Waals surface area contributed by atoms with E-state index in [9.17, 15) is 0 Å². The van der Waals surface area contributed by atoms with Crippen molar-refractivity contribution in [1.29, 1.82) is 0 Å². The third-order valence-corrected chi connectivity index (χ3v) is 11.6. The summed E-state index contributed by atoms with van der Waals surface area (Å²) in [6.07, 6.45) is 1.99. The van der Waals surface area contributed by atoms with Crippen LogP contribution in [-0.2, 0) is 0 Å². The quantitative estimate of drug-likeness (QED) is 0.171. The molecule has 0 amide bonds.